The quantitative estimate of drug-likeness (QED) is 0.800. The minimum Gasteiger partial charge on any atom is -0.480 e. The number of benzene rings is 1. The molecule has 0 aliphatic heterocycles. The Hall–Kier alpha value is -1.07. The van der Waals surface area contributed by atoms with E-state index in [2.05, 4.69) is 21.2 Å². The molecule has 0 fully saturated rings. The summed E-state index contributed by atoms with van der Waals surface area (Å²) in [5.41, 5.74) is 5.81. The maximum absolute atomic E-state index is 12.0. The third-order valence-electron chi connectivity index (χ3n) is 3.53. The largest absolute Gasteiger partial charge is 0.480 e. The maximum Gasteiger partial charge on any atom is 0.260 e. The predicted octanol–water partition coefficient (Wildman–Crippen LogP) is 2.85. The van der Waals surface area contributed by atoms with Crippen LogP contribution in [0.4, 0.5) is 0 Å². The number of rotatable bonds is 7. The molecule has 0 aliphatic rings. The molecular formula is C15H23BrN2O2. The number of ether oxygens (including phenoxy) is 1. The highest BCUT2D eigenvalue weighted by molar-refractivity contribution is 9.10. The van der Waals surface area contributed by atoms with Crippen LogP contribution in [0.1, 0.15) is 33.6 Å². The Morgan fingerprint density at radius 1 is 1.40 bits per heavy atom. The number of para-hydroxylation sites is 1. The summed E-state index contributed by atoms with van der Waals surface area (Å²) in [6.45, 7) is 6.24. The van der Waals surface area contributed by atoms with Crippen LogP contribution >= 0.6 is 15.9 Å². The van der Waals surface area contributed by atoms with Gasteiger partial charge < -0.3 is 15.8 Å². The average molecular weight is 343 g/mol. The molecule has 1 aromatic carbocycles. The highest BCUT2D eigenvalue weighted by atomic mass is 79.9. The van der Waals surface area contributed by atoms with E-state index in [4.69, 9.17) is 10.5 Å². The van der Waals surface area contributed by atoms with E-state index in [1.54, 1.807) is 6.92 Å². The highest BCUT2D eigenvalue weighted by Gasteiger charge is 2.23. The van der Waals surface area contributed by atoms with E-state index in [1.165, 1.54) is 0 Å². The van der Waals surface area contributed by atoms with E-state index in [0.29, 0.717) is 12.3 Å². The number of nitrogens with two attached hydrogens (primary N) is 1. The van der Waals surface area contributed by atoms with Crippen molar-refractivity contribution in [2.75, 3.05) is 6.54 Å². The Bertz CT molecular complexity index is 447. The van der Waals surface area contributed by atoms with Gasteiger partial charge >= 0.3 is 0 Å². The Balaban J connectivity index is 2.54. The molecule has 1 rings (SSSR count). The molecule has 0 saturated heterocycles. The molecule has 0 spiro atoms. The van der Waals surface area contributed by atoms with Crippen molar-refractivity contribution < 1.29 is 9.53 Å². The molecule has 3 N–H and O–H groups in total. The van der Waals surface area contributed by atoms with E-state index >= 15 is 0 Å². The predicted molar refractivity (Wildman–Crippen MR) is 84.7 cm³/mol. The van der Waals surface area contributed by atoms with E-state index in [1.807, 2.05) is 38.1 Å². The number of halogens is 1. The first-order valence-corrected chi connectivity index (χ1v) is 7.69. The zero-order valence-electron chi connectivity index (χ0n) is 12.3. The van der Waals surface area contributed by atoms with Gasteiger partial charge in [0.15, 0.2) is 6.10 Å². The summed E-state index contributed by atoms with van der Waals surface area (Å²) in [6, 6.07) is 7.45. The number of amides is 1. The second-order valence-electron chi connectivity index (χ2n) is 4.98. The monoisotopic (exact) mass is 342 g/mol. The Kier molecular flexibility index (Phi) is 6.49. The van der Waals surface area contributed by atoms with Crippen LogP contribution in [0.5, 0.6) is 5.75 Å². The van der Waals surface area contributed by atoms with Crippen molar-refractivity contribution in [2.24, 2.45) is 5.73 Å². The summed E-state index contributed by atoms with van der Waals surface area (Å²) in [5.74, 6) is 0.498. The Morgan fingerprint density at radius 2 is 2.00 bits per heavy atom. The molecule has 0 radical (unpaired) electrons. The maximum atomic E-state index is 12.0. The van der Waals surface area contributed by atoms with E-state index in [-0.39, 0.29) is 11.4 Å². The third-order valence-corrected chi connectivity index (χ3v) is 4.19. The summed E-state index contributed by atoms with van der Waals surface area (Å²) >= 11 is 3.39. The van der Waals surface area contributed by atoms with E-state index < -0.39 is 6.10 Å². The van der Waals surface area contributed by atoms with E-state index in [0.717, 1.165) is 17.3 Å². The Labute approximate surface area is 129 Å². The summed E-state index contributed by atoms with van der Waals surface area (Å²) in [7, 11) is 0. The second-order valence-corrected chi connectivity index (χ2v) is 5.83. The lowest BCUT2D eigenvalue weighted by atomic mass is 9.94. The van der Waals surface area contributed by atoms with Gasteiger partial charge in [-0.25, -0.2) is 0 Å². The first-order valence-electron chi connectivity index (χ1n) is 6.89. The fourth-order valence-corrected chi connectivity index (χ4v) is 2.07. The third kappa shape index (κ3) is 4.80. The lowest BCUT2D eigenvalue weighted by Gasteiger charge is -2.27. The number of carbonyl (C=O) groups excluding carboxylic acids is 1. The molecular weight excluding hydrogens is 320 g/mol. The summed E-state index contributed by atoms with van der Waals surface area (Å²) in [6.07, 6.45) is 1.08. The minimum absolute atomic E-state index is 0.155. The van der Waals surface area contributed by atoms with E-state index in [9.17, 15) is 4.79 Å². The molecule has 0 aliphatic carbocycles. The van der Waals surface area contributed by atoms with Crippen molar-refractivity contribution in [3.63, 3.8) is 0 Å². The van der Waals surface area contributed by atoms with Gasteiger partial charge in [-0.15, -0.1) is 0 Å². The molecule has 20 heavy (non-hydrogen) atoms. The normalized spacial score (nSPS) is 12.8. The average Bonchev–Trinajstić information content (AvgIpc) is 2.46. The van der Waals surface area contributed by atoms with Crippen molar-refractivity contribution in [3.8, 4) is 5.75 Å². The van der Waals surface area contributed by atoms with Crippen LogP contribution in [0.3, 0.4) is 0 Å². The van der Waals surface area contributed by atoms with Crippen molar-refractivity contribution in [1.82, 2.24) is 5.32 Å². The standard InChI is InChI=1S/C15H23BrN2O2/c1-4-15(17,5-2)10-18-14(19)11(3)20-13-9-7-6-8-12(13)16/h6-9,11H,4-5,10,17H2,1-3H3,(H,18,19). The number of hydrogen-bond acceptors (Lipinski definition) is 3. The van der Waals surface area contributed by atoms with Crippen molar-refractivity contribution in [1.29, 1.82) is 0 Å². The van der Waals surface area contributed by atoms with Crippen LogP contribution in [-0.2, 0) is 4.79 Å². The van der Waals surface area contributed by atoms with Gasteiger partial charge in [0.05, 0.1) is 4.47 Å². The van der Waals surface area contributed by atoms with Gasteiger partial charge in [0, 0.05) is 12.1 Å². The van der Waals surface area contributed by atoms with Gasteiger partial charge in [0.25, 0.3) is 5.91 Å². The molecule has 1 aromatic rings. The van der Waals surface area contributed by atoms with Crippen molar-refractivity contribution in [2.45, 2.75) is 45.3 Å². The highest BCUT2D eigenvalue weighted by Crippen LogP contribution is 2.24. The molecule has 1 amide bonds. The molecule has 112 valence electrons. The summed E-state index contributed by atoms with van der Waals surface area (Å²) in [5, 5.41) is 2.86. The molecule has 0 bridgehead atoms. The van der Waals surface area contributed by atoms with Gasteiger partial charge in [-0.2, -0.15) is 0 Å². The van der Waals surface area contributed by atoms with Crippen LogP contribution in [-0.4, -0.2) is 24.1 Å². The number of hydrogen-bond donors (Lipinski definition) is 2. The molecule has 4 nitrogen and oxygen atoms in total. The zero-order chi connectivity index (χ0) is 15.2. The lowest BCUT2D eigenvalue weighted by molar-refractivity contribution is -0.127. The first kappa shape index (κ1) is 17.0. The van der Waals surface area contributed by atoms with Crippen LogP contribution in [0.25, 0.3) is 0 Å². The molecule has 1 unspecified atom stereocenters. The van der Waals surface area contributed by atoms with Gasteiger partial charge in [-0.1, -0.05) is 26.0 Å². The van der Waals surface area contributed by atoms with Crippen LogP contribution in [0.15, 0.2) is 28.7 Å². The number of nitrogens with one attached hydrogen (secondary N) is 1. The number of carbonyl (C=O) groups is 1. The fraction of sp³-hybridized carbons (Fsp3) is 0.533. The molecule has 0 saturated carbocycles. The molecule has 0 heterocycles. The first-order chi connectivity index (χ1) is 9.41. The molecule has 5 heteroatoms. The SMILES string of the molecule is CCC(N)(CC)CNC(=O)C(C)Oc1ccccc1Br. The van der Waals surface area contributed by atoms with Gasteiger partial charge in [0.2, 0.25) is 0 Å². The summed E-state index contributed by atoms with van der Waals surface area (Å²) < 4.78 is 6.47. The molecule has 0 aromatic heterocycles. The summed E-state index contributed by atoms with van der Waals surface area (Å²) in [4.78, 5) is 12.0. The van der Waals surface area contributed by atoms with Crippen molar-refractivity contribution >= 4 is 21.8 Å². The molecule has 1 atom stereocenters. The Morgan fingerprint density at radius 3 is 2.55 bits per heavy atom. The van der Waals surface area contributed by atoms with Gasteiger partial charge in [-0.05, 0) is 47.8 Å². The van der Waals surface area contributed by atoms with Crippen LogP contribution in [0.2, 0.25) is 0 Å². The topological polar surface area (TPSA) is 64.3 Å². The van der Waals surface area contributed by atoms with Gasteiger partial charge in [0.1, 0.15) is 5.75 Å². The van der Waals surface area contributed by atoms with Crippen LogP contribution < -0.4 is 15.8 Å². The lowest BCUT2D eigenvalue weighted by Crippen LogP contribution is -2.51. The zero-order valence-corrected chi connectivity index (χ0v) is 13.9. The smallest absolute Gasteiger partial charge is 0.260 e. The van der Waals surface area contributed by atoms with Gasteiger partial charge in [-0.3, -0.25) is 4.79 Å². The second kappa shape index (κ2) is 7.64. The van der Waals surface area contributed by atoms with Crippen LogP contribution in [0, 0.1) is 0 Å². The van der Waals surface area contributed by atoms with Crippen molar-refractivity contribution in [3.05, 3.63) is 28.7 Å². The minimum atomic E-state index is -0.563. The fourth-order valence-electron chi connectivity index (χ4n) is 1.69.